The van der Waals surface area contributed by atoms with Crippen LogP contribution in [0.25, 0.3) is 0 Å². The van der Waals surface area contributed by atoms with Crippen molar-refractivity contribution in [2.45, 2.75) is 12.8 Å². The fraction of sp³-hybridized carbons (Fsp3) is 0.267. The normalized spacial score (nSPS) is 20.2. The zero-order valence-corrected chi connectivity index (χ0v) is 16.5. The van der Waals surface area contributed by atoms with Gasteiger partial charge in [-0.1, -0.05) is 28.1 Å². The van der Waals surface area contributed by atoms with Crippen molar-refractivity contribution in [1.29, 1.82) is 5.41 Å². The first-order chi connectivity index (χ1) is 10.1. The highest BCUT2D eigenvalue weighted by atomic mass is 79.9. The first-order valence-electron chi connectivity index (χ1n) is 6.75. The van der Waals surface area contributed by atoms with Crippen LogP contribution in [0.5, 0.6) is 0 Å². The van der Waals surface area contributed by atoms with Crippen LogP contribution < -0.4 is 10.0 Å². The summed E-state index contributed by atoms with van der Waals surface area (Å²) in [6.07, 6.45) is 6.25. The van der Waals surface area contributed by atoms with Crippen LogP contribution in [0.1, 0.15) is 12.8 Å². The molecule has 0 radical (unpaired) electrons. The van der Waals surface area contributed by atoms with E-state index in [-0.39, 0.29) is 18.3 Å². The van der Waals surface area contributed by atoms with E-state index in [9.17, 15) is 0 Å². The zero-order valence-electron chi connectivity index (χ0n) is 11.7. The quantitative estimate of drug-likeness (QED) is 0.307. The smallest absolute Gasteiger partial charge is 0.105 e. The summed E-state index contributed by atoms with van der Waals surface area (Å²) >= 11 is 8.69. The molecule has 1 atom stereocenters. The van der Waals surface area contributed by atoms with Crippen molar-refractivity contribution in [3.8, 4) is 0 Å². The summed E-state index contributed by atoms with van der Waals surface area (Å²) < 4.78 is 5.28. The summed E-state index contributed by atoms with van der Waals surface area (Å²) in [7, 11) is 0. The highest BCUT2D eigenvalue weighted by Crippen LogP contribution is 2.36. The Morgan fingerprint density at radius 3 is 3.00 bits per heavy atom. The van der Waals surface area contributed by atoms with Gasteiger partial charge >= 0.3 is 0 Å². The number of hydrogen-bond donors (Lipinski definition) is 3. The summed E-state index contributed by atoms with van der Waals surface area (Å²) in [6.45, 7) is 0.974. The third kappa shape index (κ3) is 3.97. The number of amidine groups is 1. The Morgan fingerprint density at radius 1 is 1.36 bits per heavy atom. The number of hydrogen-bond acceptors (Lipinski definition) is 3. The fourth-order valence-electron chi connectivity index (χ4n) is 2.56. The van der Waals surface area contributed by atoms with Gasteiger partial charge in [-0.15, -0.1) is 12.4 Å². The zero-order chi connectivity index (χ0) is 14.8. The average Bonchev–Trinajstić information content (AvgIpc) is 2.50. The number of rotatable bonds is 2. The number of halogens is 3. The molecule has 7 heteroatoms. The number of anilines is 1. The lowest BCUT2D eigenvalue weighted by molar-refractivity contribution is 0.719. The van der Waals surface area contributed by atoms with Gasteiger partial charge in [0.15, 0.2) is 0 Å². The van der Waals surface area contributed by atoms with Crippen LogP contribution in [-0.4, -0.2) is 12.4 Å². The Balaban J connectivity index is 0.00000176. The van der Waals surface area contributed by atoms with Crippen LogP contribution in [0.2, 0.25) is 0 Å². The molecule has 1 heterocycles. The fourth-order valence-corrected chi connectivity index (χ4v) is 4.17. The highest BCUT2D eigenvalue weighted by Gasteiger charge is 2.26. The van der Waals surface area contributed by atoms with Gasteiger partial charge in [0, 0.05) is 26.3 Å². The maximum Gasteiger partial charge on any atom is 0.105 e. The maximum atomic E-state index is 8.47. The van der Waals surface area contributed by atoms with Crippen LogP contribution in [0.15, 0.2) is 49.8 Å². The topological polar surface area (TPSA) is 47.9 Å². The molecular formula is C15H16Br2ClN3S. The van der Waals surface area contributed by atoms with Gasteiger partial charge in [-0.3, -0.25) is 10.1 Å². The lowest BCUT2D eigenvalue weighted by atomic mass is 9.88. The molecule has 0 saturated carbocycles. The van der Waals surface area contributed by atoms with Crippen molar-refractivity contribution in [3.63, 3.8) is 0 Å². The van der Waals surface area contributed by atoms with E-state index in [0.717, 1.165) is 34.0 Å². The van der Waals surface area contributed by atoms with Crippen LogP contribution in [0, 0.1) is 11.3 Å². The Kier molecular flexibility index (Phi) is 6.58. The average molecular weight is 466 g/mol. The van der Waals surface area contributed by atoms with E-state index in [0.29, 0.717) is 5.84 Å². The van der Waals surface area contributed by atoms with Gasteiger partial charge in [-0.2, -0.15) is 0 Å². The van der Waals surface area contributed by atoms with Crippen LogP contribution in [0.3, 0.4) is 0 Å². The monoisotopic (exact) mass is 463 g/mol. The number of allylic oxidation sites excluding steroid dienone is 2. The molecule has 0 aromatic heterocycles. The largest absolute Gasteiger partial charge is 0.343 e. The summed E-state index contributed by atoms with van der Waals surface area (Å²) in [6, 6.07) is 5.95. The molecule has 0 bridgehead atoms. The van der Waals surface area contributed by atoms with Crippen molar-refractivity contribution in [1.82, 2.24) is 4.72 Å². The second kappa shape index (κ2) is 8.02. The first-order valence-corrected chi connectivity index (χ1v) is 9.15. The van der Waals surface area contributed by atoms with Crippen molar-refractivity contribution >= 4 is 67.7 Å². The molecule has 0 fully saturated rings. The lowest BCUT2D eigenvalue weighted by Crippen LogP contribution is -2.29. The van der Waals surface area contributed by atoms with Crippen molar-refractivity contribution in [2.24, 2.45) is 5.92 Å². The van der Waals surface area contributed by atoms with Gasteiger partial charge in [0.25, 0.3) is 0 Å². The summed E-state index contributed by atoms with van der Waals surface area (Å²) in [5.74, 6) is 0.721. The molecule has 2 aliphatic rings. The predicted molar refractivity (Wildman–Crippen MR) is 105 cm³/mol. The minimum Gasteiger partial charge on any atom is -0.343 e. The standard InChI is InChI=1S/C15H15Br2N3S.ClH/c16-9-4-5-12(17)13(8-9)20-15(18)11-2-1-3-14-10(11)6-7-19-21-14;/h1,3-5,8,11,19H,2,6-7H2,(H2,18,20);1H. The third-order valence-corrected chi connectivity index (χ3v) is 5.75. The minimum atomic E-state index is 0. The Labute approximate surface area is 157 Å². The van der Waals surface area contributed by atoms with Crippen molar-refractivity contribution < 1.29 is 0 Å². The van der Waals surface area contributed by atoms with Crippen LogP contribution >= 0.6 is 56.2 Å². The molecule has 0 amide bonds. The van der Waals surface area contributed by atoms with Crippen LogP contribution in [0.4, 0.5) is 5.69 Å². The highest BCUT2D eigenvalue weighted by molar-refractivity contribution is 9.11. The van der Waals surface area contributed by atoms with Gasteiger partial charge in [-0.25, -0.2) is 0 Å². The Morgan fingerprint density at radius 2 is 2.18 bits per heavy atom. The van der Waals surface area contributed by atoms with E-state index in [4.69, 9.17) is 5.41 Å². The van der Waals surface area contributed by atoms with Gasteiger partial charge in [0.1, 0.15) is 5.84 Å². The molecule has 3 N–H and O–H groups in total. The molecule has 1 aliphatic heterocycles. The molecule has 3 nitrogen and oxygen atoms in total. The lowest BCUT2D eigenvalue weighted by Gasteiger charge is -2.29. The number of benzene rings is 1. The molecule has 0 saturated heterocycles. The van der Waals surface area contributed by atoms with E-state index in [1.165, 1.54) is 10.5 Å². The van der Waals surface area contributed by atoms with Gasteiger partial charge < -0.3 is 5.32 Å². The molecule has 1 aliphatic carbocycles. The molecule has 22 heavy (non-hydrogen) atoms. The molecule has 3 rings (SSSR count). The van der Waals surface area contributed by atoms with E-state index < -0.39 is 0 Å². The summed E-state index contributed by atoms with van der Waals surface area (Å²) in [5.41, 5.74) is 2.30. The van der Waals surface area contributed by atoms with Gasteiger partial charge in [0.05, 0.1) is 5.69 Å². The van der Waals surface area contributed by atoms with Crippen molar-refractivity contribution in [2.75, 3.05) is 11.9 Å². The van der Waals surface area contributed by atoms with E-state index in [2.05, 4.69) is 54.1 Å². The van der Waals surface area contributed by atoms with Gasteiger partial charge in [0.2, 0.25) is 0 Å². The molecule has 1 unspecified atom stereocenters. The first kappa shape index (κ1) is 18.1. The molecule has 1 aromatic carbocycles. The summed E-state index contributed by atoms with van der Waals surface area (Å²) in [5, 5.41) is 11.7. The molecule has 1 aromatic rings. The second-order valence-corrected chi connectivity index (χ2v) is 7.69. The van der Waals surface area contributed by atoms with Crippen LogP contribution in [-0.2, 0) is 0 Å². The van der Waals surface area contributed by atoms with Crippen molar-refractivity contribution in [3.05, 3.63) is 49.8 Å². The molecular weight excluding hydrogens is 450 g/mol. The third-order valence-electron chi connectivity index (χ3n) is 3.60. The maximum absolute atomic E-state index is 8.47. The van der Waals surface area contributed by atoms with E-state index >= 15 is 0 Å². The Hall–Kier alpha value is -0.270. The van der Waals surface area contributed by atoms with E-state index in [1.54, 1.807) is 11.9 Å². The minimum absolute atomic E-state index is 0. The molecule has 118 valence electrons. The number of nitrogens with one attached hydrogen (secondary N) is 3. The summed E-state index contributed by atoms with van der Waals surface area (Å²) in [4.78, 5) is 1.28. The second-order valence-electron chi connectivity index (χ2n) is 4.99. The SMILES string of the molecule is Cl.N=C(Nc1cc(Br)ccc1Br)C1CC=CC2=C1CCNS2. The Bertz CT molecular complexity index is 646. The predicted octanol–water partition coefficient (Wildman–Crippen LogP) is 5.49. The van der Waals surface area contributed by atoms with Gasteiger partial charge in [-0.05, 0) is 64.5 Å². The van der Waals surface area contributed by atoms with E-state index in [1.807, 2.05) is 18.2 Å². The molecule has 0 spiro atoms.